The minimum Gasteiger partial charge on any atom is -0.496 e. The van der Waals surface area contributed by atoms with Gasteiger partial charge in [-0.15, -0.1) is 0 Å². The lowest BCUT2D eigenvalue weighted by molar-refractivity contribution is -0.712. The fourth-order valence-corrected chi connectivity index (χ4v) is 3.29. The van der Waals surface area contributed by atoms with Crippen LogP contribution >= 0.6 is 15.9 Å². The SMILES string of the molecule is COc1ccc(Br)cc1C[NH2+][C@@H]1CCCC[C@H]1C. The lowest BCUT2D eigenvalue weighted by atomic mass is 9.86. The maximum absolute atomic E-state index is 5.43. The first-order valence-electron chi connectivity index (χ1n) is 6.86. The number of halogens is 1. The second-order valence-electron chi connectivity index (χ2n) is 5.32. The first-order valence-corrected chi connectivity index (χ1v) is 7.65. The zero-order valence-corrected chi connectivity index (χ0v) is 12.9. The fraction of sp³-hybridized carbons (Fsp3) is 0.600. The van der Waals surface area contributed by atoms with Crippen molar-refractivity contribution in [2.24, 2.45) is 5.92 Å². The molecule has 1 aliphatic carbocycles. The second-order valence-corrected chi connectivity index (χ2v) is 6.24. The van der Waals surface area contributed by atoms with Gasteiger partial charge in [0.15, 0.2) is 0 Å². The Labute approximate surface area is 118 Å². The Morgan fingerprint density at radius 1 is 1.33 bits per heavy atom. The van der Waals surface area contributed by atoms with Crippen molar-refractivity contribution in [2.45, 2.75) is 45.2 Å². The molecule has 2 rings (SSSR count). The fourth-order valence-electron chi connectivity index (χ4n) is 2.88. The van der Waals surface area contributed by atoms with Gasteiger partial charge in [-0.25, -0.2) is 0 Å². The Morgan fingerprint density at radius 3 is 2.83 bits per heavy atom. The van der Waals surface area contributed by atoms with E-state index in [0.29, 0.717) is 0 Å². The molecular weight excluding hydrogens is 290 g/mol. The molecule has 0 amide bonds. The third-order valence-electron chi connectivity index (χ3n) is 4.06. The number of rotatable bonds is 4. The predicted octanol–water partition coefficient (Wildman–Crippen LogP) is 3.10. The zero-order valence-electron chi connectivity index (χ0n) is 11.3. The number of hydrogen-bond donors (Lipinski definition) is 1. The summed E-state index contributed by atoms with van der Waals surface area (Å²) in [4.78, 5) is 0. The van der Waals surface area contributed by atoms with E-state index in [2.05, 4.69) is 34.2 Å². The lowest BCUT2D eigenvalue weighted by Crippen LogP contribution is -2.90. The molecule has 0 unspecified atom stereocenters. The van der Waals surface area contributed by atoms with Crippen molar-refractivity contribution >= 4 is 15.9 Å². The van der Waals surface area contributed by atoms with E-state index >= 15 is 0 Å². The Kier molecular flexibility index (Phi) is 5.07. The molecule has 0 heterocycles. The molecule has 1 aliphatic rings. The number of nitrogens with two attached hydrogens (primary N) is 1. The summed E-state index contributed by atoms with van der Waals surface area (Å²) >= 11 is 3.53. The first kappa shape index (κ1) is 13.9. The van der Waals surface area contributed by atoms with E-state index in [1.54, 1.807) is 7.11 Å². The third kappa shape index (κ3) is 3.48. The molecule has 0 radical (unpaired) electrons. The highest BCUT2D eigenvalue weighted by Gasteiger charge is 2.24. The Hall–Kier alpha value is -0.540. The van der Waals surface area contributed by atoms with Gasteiger partial charge >= 0.3 is 0 Å². The summed E-state index contributed by atoms with van der Waals surface area (Å²) < 4.78 is 6.55. The van der Waals surface area contributed by atoms with Crippen molar-refractivity contribution in [1.29, 1.82) is 0 Å². The molecule has 1 aromatic rings. The van der Waals surface area contributed by atoms with Gasteiger partial charge in [0.05, 0.1) is 13.2 Å². The quantitative estimate of drug-likeness (QED) is 0.908. The predicted molar refractivity (Wildman–Crippen MR) is 77.7 cm³/mol. The lowest BCUT2D eigenvalue weighted by Gasteiger charge is -2.26. The van der Waals surface area contributed by atoms with Crippen LogP contribution in [0.15, 0.2) is 22.7 Å². The van der Waals surface area contributed by atoms with E-state index in [1.165, 1.54) is 31.2 Å². The van der Waals surface area contributed by atoms with Gasteiger partial charge in [-0.05, 0) is 37.5 Å². The van der Waals surface area contributed by atoms with Crippen LogP contribution in [0.2, 0.25) is 0 Å². The smallest absolute Gasteiger partial charge is 0.127 e. The number of hydrogen-bond acceptors (Lipinski definition) is 1. The van der Waals surface area contributed by atoms with Crippen molar-refractivity contribution in [1.82, 2.24) is 0 Å². The van der Waals surface area contributed by atoms with Gasteiger partial charge in [-0.1, -0.05) is 29.3 Å². The zero-order chi connectivity index (χ0) is 13.0. The van der Waals surface area contributed by atoms with Crippen molar-refractivity contribution in [3.05, 3.63) is 28.2 Å². The second kappa shape index (κ2) is 6.58. The number of methoxy groups -OCH3 is 1. The molecule has 0 saturated heterocycles. The molecule has 0 bridgehead atoms. The van der Waals surface area contributed by atoms with E-state index in [4.69, 9.17) is 4.74 Å². The van der Waals surface area contributed by atoms with Crippen molar-refractivity contribution in [3.63, 3.8) is 0 Å². The normalized spacial score (nSPS) is 23.9. The molecule has 18 heavy (non-hydrogen) atoms. The van der Waals surface area contributed by atoms with Gasteiger partial charge in [0.2, 0.25) is 0 Å². The highest BCUT2D eigenvalue weighted by Crippen LogP contribution is 2.24. The van der Waals surface area contributed by atoms with Crippen LogP contribution in [0.4, 0.5) is 0 Å². The number of ether oxygens (including phenoxy) is 1. The van der Waals surface area contributed by atoms with Crippen LogP contribution in [0, 0.1) is 5.92 Å². The van der Waals surface area contributed by atoms with Crippen LogP contribution < -0.4 is 10.1 Å². The van der Waals surface area contributed by atoms with Crippen LogP contribution in [0.25, 0.3) is 0 Å². The first-order chi connectivity index (χ1) is 8.70. The van der Waals surface area contributed by atoms with E-state index < -0.39 is 0 Å². The highest BCUT2D eigenvalue weighted by atomic mass is 79.9. The summed E-state index contributed by atoms with van der Waals surface area (Å²) in [6, 6.07) is 7.02. The molecule has 2 nitrogen and oxygen atoms in total. The van der Waals surface area contributed by atoms with Gasteiger partial charge in [0.25, 0.3) is 0 Å². The molecule has 1 aromatic carbocycles. The molecule has 0 aliphatic heterocycles. The summed E-state index contributed by atoms with van der Waals surface area (Å²) in [5.74, 6) is 1.84. The maximum atomic E-state index is 5.43. The minimum absolute atomic E-state index is 0.780. The van der Waals surface area contributed by atoms with Crippen LogP contribution in [0.5, 0.6) is 5.75 Å². The average molecular weight is 313 g/mol. The highest BCUT2D eigenvalue weighted by molar-refractivity contribution is 9.10. The Morgan fingerprint density at radius 2 is 2.11 bits per heavy atom. The Bertz CT molecular complexity index is 394. The largest absolute Gasteiger partial charge is 0.496 e. The van der Waals surface area contributed by atoms with Crippen molar-refractivity contribution < 1.29 is 10.1 Å². The number of benzene rings is 1. The van der Waals surface area contributed by atoms with Crippen LogP contribution in [0.3, 0.4) is 0 Å². The topological polar surface area (TPSA) is 25.8 Å². The average Bonchev–Trinajstić information content (AvgIpc) is 2.38. The van der Waals surface area contributed by atoms with E-state index in [-0.39, 0.29) is 0 Å². The maximum Gasteiger partial charge on any atom is 0.127 e. The van der Waals surface area contributed by atoms with Crippen LogP contribution in [0.1, 0.15) is 38.2 Å². The molecule has 0 aromatic heterocycles. The summed E-state index contributed by atoms with van der Waals surface area (Å²) in [5.41, 5.74) is 1.28. The van der Waals surface area contributed by atoms with Crippen LogP contribution in [-0.2, 0) is 6.54 Å². The molecular formula is C15H23BrNO+. The van der Waals surface area contributed by atoms with Gasteiger partial charge in [-0.3, -0.25) is 0 Å². The van der Waals surface area contributed by atoms with E-state index in [9.17, 15) is 0 Å². The molecule has 2 N–H and O–H groups in total. The summed E-state index contributed by atoms with van der Waals surface area (Å²) in [6.45, 7) is 3.40. The number of quaternary nitrogens is 1. The van der Waals surface area contributed by atoms with Gasteiger partial charge in [0.1, 0.15) is 12.3 Å². The molecule has 1 fully saturated rings. The van der Waals surface area contributed by atoms with Crippen molar-refractivity contribution in [2.75, 3.05) is 7.11 Å². The summed E-state index contributed by atoms with van der Waals surface area (Å²) in [7, 11) is 1.75. The third-order valence-corrected chi connectivity index (χ3v) is 4.55. The standard InChI is InChI=1S/C15H22BrNO/c1-11-5-3-4-6-14(11)17-10-12-9-13(16)7-8-15(12)18-2/h7-9,11,14,17H,3-6,10H2,1-2H3/p+1/t11-,14-/m1/s1. The minimum atomic E-state index is 0.780. The van der Waals surface area contributed by atoms with Crippen LogP contribution in [-0.4, -0.2) is 13.2 Å². The summed E-state index contributed by atoms with van der Waals surface area (Å²) in [6.07, 6.45) is 5.54. The summed E-state index contributed by atoms with van der Waals surface area (Å²) in [5, 5.41) is 2.49. The molecule has 3 heteroatoms. The molecule has 1 saturated carbocycles. The van der Waals surface area contributed by atoms with Gasteiger partial charge < -0.3 is 10.1 Å². The monoisotopic (exact) mass is 312 g/mol. The molecule has 100 valence electrons. The molecule has 2 atom stereocenters. The van der Waals surface area contributed by atoms with Crippen molar-refractivity contribution in [3.8, 4) is 5.75 Å². The van der Waals surface area contributed by atoms with E-state index in [1.807, 2.05) is 12.1 Å². The molecule has 0 spiro atoms. The van der Waals surface area contributed by atoms with Gasteiger partial charge in [0, 0.05) is 16.0 Å². The van der Waals surface area contributed by atoms with E-state index in [0.717, 1.165) is 28.7 Å². The van der Waals surface area contributed by atoms with Gasteiger partial charge in [-0.2, -0.15) is 0 Å². The Balaban J connectivity index is 1.98.